The molecular weight excluding hydrogens is 233 g/mol. The molecule has 2 aromatic rings. The van der Waals surface area contributed by atoms with Crippen molar-refractivity contribution in [1.82, 2.24) is 14.9 Å². The van der Waals surface area contributed by atoms with Gasteiger partial charge in [-0.1, -0.05) is 0 Å². The minimum Gasteiger partial charge on any atom is -0.342 e. The molecule has 1 aliphatic heterocycles. The molecule has 18 heavy (non-hydrogen) atoms. The molecule has 94 valence electrons. The van der Waals surface area contributed by atoms with E-state index in [1.54, 1.807) is 13.0 Å². The Morgan fingerprint density at radius 1 is 1.56 bits per heavy atom. The van der Waals surface area contributed by atoms with Crippen LogP contribution in [0.25, 0.3) is 11.0 Å². The molecular formula is C13H14FN3O. The predicted octanol–water partition coefficient (Wildman–Crippen LogP) is 2.04. The highest BCUT2D eigenvalue weighted by Gasteiger charge is 2.27. The van der Waals surface area contributed by atoms with Gasteiger partial charge in [-0.05, 0) is 24.6 Å². The zero-order chi connectivity index (χ0) is 12.7. The van der Waals surface area contributed by atoms with Crippen LogP contribution in [-0.4, -0.2) is 33.9 Å². The Morgan fingerprint density at radius 2 is 2.39 bits per heavy atom. The average Bonchev–Trinajstić information content (AvgIpc) is 2.93. The van der Waals surface area contributed by atoms with Crippen molar-refractivity contribution >= 4 is 16.9 Å². The zero-order valence-electron chi connectivity index (χ0n) is 10.1. The lowest BCUT2D eigenvalue weighted by atomic mass is 10.1. The smallest absolute Gasteiger partial charge is 0.219 e. The van der Waals surface area contributed by atoms with Gasteiger partial charge in [-0.25, -0.2) is 9.37 Å². The van der Waals surface area contributed by atoms with Crippen molar-refractivity contribution < 1.29 is 9.18 Å². The first-order valence-corrected chi connectivity index (χ1v) is 6.04. The lowest BCUT2D eigenvalue weighted by molar-refractivity contribution is -0.127. The fraction of sp³-hybridized carbons (Fsp3) is 0.385. The fourth-order valence-corrected chi connectivity index (χ4v) is 2.46. The van der Waals surface area contributed by atoms with Crippen molar-refractivity contribution in [3.05, 3.63) is 29.8 Å². The SMILES string of the molecule is CC(=O)N1CC[C@H](c2nc3ccc(F)cc3[nH]2)C1. The summed E-state index contributed by atoms with van der Waals surface area (Å²) >= 11 is 0. The third-order valence-corrected chi connectivity index (χ3v) is 3.48. The molecule has 2 heterocycles. The van der Waals surface area contributed by atoms with Crippen LogP contribution < -0.4 is 0 Å². The van der Waals surface area contributed by atoms with Crippen LogP contribution >= 0.6 is 0 Å². The topological polar surface area (TPSA) is 49.0 Å². The quantitative estimate of drug-likeness (QED) is 0.838. The van der Waals surface area contributed by atoms with E-state index in [0.29, 0.717) is 12.1 Å². The molecule has 1 aromatic heterocycles. The van der Waals surface area contributed by atoms with Gasteiger partial charge in [0.2, 0.25) is 5.91 Å². The third kappa shape index (κ3) is 1.85. The standard InChI is InChI=1S/C13H14FN3O/c1-8(18)17-5-4-9(7-17)13-15-11-3-2-10(14)6-12(11)16-13/h2-3,6,9H,4-5,7H2,1H3,(H,15,16)/t9-/m0/s1. The minimum atomic E-state index is -0.269. The van der Waals surface area contributed by atoms with E-state index in [2.05, 4.69) is 9.97 Å². The Morgan fingerprint density at radius 3 is 3.11 bits per heavy atom. The molecule has 1 fully saturated rings. The van der Waals surface area contributed by atoms with E-state index in [9.17, 15) is 9.18 Å². The maximum atomic E-state index is 13.1. The Kier molecular flexibility index (Phi) is 2.54. The lowest BCUT2D eigenvalue weighted by Gasteiger charge is -2.12. The number of aromatic amines is 1. The van der Waals surface area contributed by atoms with Crippen LogP contribution in [0.15, 0.2) is 18.2 Å². The number of rotatable bonds is 1. The molecule has 4 nitrogen and oxygen atoms in total. The van der Waals surface area contributed by atoms with Crippen LogP contribution in [0.2, 0.25) is 0 Å². The highest BCUT2D eigenvalue weighted by Crippen LogP contribution is 2.27. The van der Waals surface area contributed by atoms with Gasteiger partial charge in [0.05, 0.1) is 11.0 Å². The number of imidazole rings is 1. The summed E-state index contributed by atoms with van der Waals surface area (Å²) in [5.74, 6) is 0.901. The number of aromatic nitrogens is 2. The summed E-state index contributed by atoms with van der Waals surface area (Å²) in [4.78, 5) is 20.7. The van der Waals surface area contributed by atoms with Crippen LogP contribution in [0.4, 0.5) is 4.39 Å². The molecule has 0 spiro atoms. The molecule has 0 radical (unpaired) electrons. The van der Waals surface area contributed by atoms with E-state index in [-0.39, 0.29) is 17.6 Å². The molecule has 1 aliphatic rings. The number of hydrogen-bond acceptors (Lipinski definition) is 2. The summed E-state index contributed by atoms with van der Waals surface area (Å²) < 4.78 is 13.1. The average molecular weight is 247 g/mol. The zero-order valence-corrected chi connectivity index (χ0v) is 10.1. The Hall–Kier alpha value is -1.91. The predicted molar refractivity (Wildman–Crippen MR) is 65.7 cm³/mol. The molecule has 0 saturated carbocycles. The van der Waals surface area contributed by atoms with Gasteiger partial charge in [0.1, 0.15) is 11.6 Å². The van der Waals surface area contributed by atoms with E-state index in [4.69, 9.17) is 0 Å². The molecule has 0 unspecified atom stereocenters. The molecule has 1 N–H and O–H groups in total. The fourth-order valence-electron chi connectivity index (χ4n) is 2.46. The molecule has 0 bridgehead atoms. The number of fused-ring (bicyclic) bond motifs is 1. The number of carbonyl (C=O) groups is 1. The maximum Gasteiger partial charge on any atom is 0.219 e. The van der Waals surface area contributed by atoms with Gasteiger partial charge >= 0.3 is 0 Å². The number of halogens is 1. The van der Waals surface area contributed by atoms with Crippen LogP contribution in [0.1, 0.15) is 25.1 Å². The normalized spacial score (nSPS) is 19.7. The molecule has 1 amide bonds. The number of nitrogens with one attached hydrogen (secondary N) is 1. The van der Waals surface area contributed by atoms with Crippen molar-refractivity contribution in [2.75, 3.05) is 13.1 Å². The number of nitrogens with zero attached hydrogens (tertiary/aromatic N) is 2. The first-order chi connectivity index (χ1) is 8.63. The van der Waals surface area contributed by atoms with E-state index < -0.39 is 0 Å². The first-order valence-electron chi connectivity index (χ1n) is 6.04. The van der Waals surface area contributed by atoms with Crippen molar-refractivity contribution in [2.24, 2.45) is 0 Å². The Bertz CT molecular complexity index is 607. The number of carbonyl (C=O) groups excluding carboxylic acids is 1. The number of hydrogen-bond donors (Lipinski definition) is 1. The number of likely N-dealkylation sites (tertiary alicyclic amines) is 1. The van der Waals surface area contributed by atoms with E-state index in [0.717, 1.165) is 24.3 Å². The second-order valence-corrected chi connectivity index (χ2v) is 4.73. The van der Waals surface area contributed by atoms with Crippen LogP contribution in [-0.2, 0) is 4.79 Å². The molecule has 5 heteroatoms. The summed E-state index contributed by atoms with van der Waals surface area (Å²) in [5, 5.41) is 0. The van der Waals surface area contributed by atoms with E-state index >= 15 is 0 Å². The van der Waals surface area contributed by atoms with Gasteiger partial charge in [-0.15, -0.1) is 0 Å². The highest BCUT2D eigenvalue weighted by molar-refractivity contribution is 5.75. The maximum absolute atomic E-state index is 13.1. The lowest BCUT2D eigenvalue weighted by Crippen LogP contribution is -2.25. The van der Waals surface area contributed by atoms with Gasteiger partial charge in [0.15, 0.2) is 0 Å². The molecule has 0 aliphatic carbocycles. The van der Waals surface area contributed by atoms with Gasteiger partial charge in [0, 0.05) is 25.9 Å². The van der Waals surface area contributed by atoms with Gasteiger partial charge in [-0.3, -0.25) is 4.79 Å². The van der Waals surface area contributed by atoms with Crippen LogP contribution in [0.3, 0.4) is 0 Å². The van der Waals surface area contributed by atoms with E-state index in [1.807, 2.05) is 4.90 Å². The summed E-state index contributed by atoms with van der Waals surface area (Å²) in [7, 11) is 0. The van der Waals surface area contributed by atoms with Crippen molar-refractivity contribution in [3.63, 3.8) is 0 Å². The van der Waals surface area contributed by atoms with Crippen molar-refractivity contribution in [3.8, 4) is 0 Å². The number of amides is 1. The number of H-pyrrole nitrogens is 1. The molecule has 1 saturated heterocycles. The van der Waals surface area contributed by atoms with Crippen molar-refractivity contribution in [2.45, 2.75) is 19.3 Å². The van der Waals surface area contributed by atoms with Gasteiger partial charge in [0.25, 0.3) is 0 Å². The Balaban J connectivity index is 1.89. The van der Waals surface area contributed by atoms with Crippen LogP contribution in [0.5, 0.6) is 0 Å². The molecule has 3 rings (SSSR count). The third-order valence-electron chi connectivity index (χ3n) is 3.48. The summed E-state index contributed by atoms with van der Waals surface area (Å²) in [6.07, 6.45) is 0.905. The molecule has 1 aromatic carbocycles. The van der Waals surface area contributed by atoms with Crippen molar-refractivity contribution in [1.29, 1.82) is 0 Å². The van der Waals surface area contributed by atoms with Crippen LogP contribution in [0, 0.1) is 5.82 Å². The Labute approximate surface area is 104 Å². The number of benzene rings is 1. The summed E-state index contributed by atoms with van der Waals surface area (Å²) in [6.45, 7) is 3.04. The van der Waals surface area contributed by atoms with Gasteiger partial charge in [-0.2, -0.15) is 0 Å². The molecule has 1 atom stereocenters. The first kappa shape index (κ1) is 11.2. The highest BCUT2D eigenvalue weighted by atomic mass is 19.1. The second kappa shape index (κ2) is 4.08. The second-order valence-electron chi connectivity index (χ2n) is 4.73. The monoisotopic (exact) mass is 247 g/mol. The summed E-state index contributed by atoms with van der Waals surface area (Å²) in [5.41, 5.74) is 1.49. The van der Waals surface area contributed by atoms with Gasteiger partial charge < -0.3 is 9.88 Å². The largest absolute Gasteiger partial charge is 0.342 e. The van der Waals surface area contributed by atoms with E-state index in [1.165, 1.54) is 12.1 Å². The minimum absolute atomic E-state index is 0.0969. The summed E-state index contributed by atoms with van der Waals surface area (Å²) in [6, 6.07) is 4.52.